The van der Waals surface area contributed by atoms with Crippen molar-refractivity contribution in [2.75, 3.05) is 0 Å². The first-order valence-electron chi connectivity index (χ1n) is 20.7. The van der Waals surface area contributed by atoms with Crippen molar-refractivity contribution >= 4 is 54.4 Å². The van der Waals surface area contributed by atoms with E-state index in [2.05, 4.69) is 240 Å². The Morgan fingerprint density at radius 1 is 0.233 bits per heavy atom. The van der Waals surface area contributed by atoms with Gasteiger partial charge < -0.3 is 9.13 Å². The van der Waals surface area contributed by atoms with Gasteiger partial charge >= 0.3 is 0 Å². The van der Waals surface area contributed by atoms with Gasteiger partial charge in [0.2, 0.25) is 0 Å². The van der Waals surface area contributed by atoms with Gasteiger partial charge in [-0.15, -0.1) is 0 Å². The van der Waals surface area contributed by atoms with Gasteiger partial charge in [-0.3, -0.25) is 0 Å². The van der Waals surface area contributed by atoms with E-state index >= 15 is 0 Å². The van der Waals surface area contributed by atoms with Gasteiger partial charge in [-0.2, -0.15) is 0 Å². The lowest BCUT2D eigenvalue weighted by Gasteiger charge is -2.13. The van der Waals surface area contributed by atoms with E-state index in [1.807, 2.05) is 0 Å². The molecule has 0 saturated carbocycles. The highest BCUT2D eigenvalue weighted by molar-refractivity contribution is 6.15. The zero-order valence-electron chi connectivity index (χ0n) is 32.8. The molecule has 0 N–H and O–H groups in total. The first-order chi connectivity index (χ1) is 29.7. The maximum absolute atomic E-state index is 2.46. The average Bonchev–Trinajstić information content (AvgIpc) is 3.84. The third kappa shape index (κ3) is 5.57. The van der Waals surface area contributed by atoms with E-state index in [0.29, 0.717) is 0 Å². The molecule has 2 heterocycles. The van der Waals surface area contributed by atoms with Crippen molar-refractivity contribution in [2.24, 2.45) is 0 Å². The lowest BCUT2D eigenvalue weighted by atomic mass is 9.99. The topological polar surface area (TPSA) is 9.86 Å². The van der Waals surface area contributed by atoms with Crippen LogP contribution >= 0.6 is 0 Å². The van der Waals surface area contributed by atoms with Crippen molar-refractivity contribution < 1.29 is 0 Å². The van der Waals surface area contributed by atoms with Crippen molar-refractivity contribution in [2.45, 2.75) is 0 Å². The fraction of sp³-hybridized carbons (Fsp3) is 0. The van der Waals surface area contributed by atoms with E-state index in [1.165, 1.54) is 98.9 Å². The second-order valence-electron chi connectivity index (χ2n) is 15.7. The van der Waals surface area contributed by atoms with Crippen molar-refractivity contribution in [3.8, 4) is 55.9 Å². The fourth-order valence-corrected chi connectivity index (χ4v) is 9.43. The highest BCUT2D eigenvalue weighted by atomic mass is 15.0. The molecule has 0 bridgehead atoms. The van der Waals surface area contributed by atoms with Crippen LogP contribution in [0.1, 0.15) is 0 Å². The Bertz CT molecular complexity index is 3570. The Kier molecular flexibility index (Phi) is 7.89. The smallest absolute Gasteiger partial charge is 0.0619 e. The Hall–Kier alpha value is -7.94. The minimum Gasteiger partial charge on any atom is -0.309 e. The second-order valence-corrected chi connectivity index (χ2v) is 15.7. The maximum atomic E-state index is 2.46. The second kappa shape index (κ2) is 13.9. The molecule has 10 aromatic carbocycles. The van der Waals surface area contributed by atoms with E-state index < -0.39 is 0 Å². The summed E-state index contributed by atoms with van der Waals surface area (Å²) in [5.41, 5.74) is 16.8. The Balaban J connectivity index is 1.01. The monoisotopic (exact) mass is 762 g/mol. The predicted molar refractivity (Wildman–Crippen MR) is 254 cm³/mol. The summed E-state index contributed by atoms with van der Waals surface area (Å²) in [6.45, 7) is 0. The number of fused-ring (bicyclic) bond motifs is 7. The number of hydrogen-bond donors (Lipinski definition) is 0. The first kappa shape index (κ1) is 34.1. The molecule has 2 aromatic heterocycles. The van der Waals surface area contributed by atoms with Gasteiger partial charge in [0.05, 0.1) is 22.1 Å². The van der Waals surface area contributed by atoms with Crippen LogP contribution in [0.4, 0.5) is 0 Å². The number of benzene rings is 10. The lowest BCUT2D eigenvalue weighted by Crippen LogP contribution is -1.96. The van der Waals surface area contributed by atoms with Gasteiger partial charge in [-0.25, -0.2) is 0 Å². The summed E-state index contributed by atoms with van der Waals surface area (Å²) in [5, 5.41) is 7.48. The molecule has 0 spiro atoms. The summed E-state index contributed by atoms with van der Waals surface area (Å²) in [6.07, 6.45) is 0. The van der Waals surface area contributed by atoms with Crippen LogP contribution in [-0.2, 0) is 0 Å². The van der Waals surface area contributed by atoms with Crippen LogP contribution in [0.5, 0.6) is 0 Å². The quantitative estimate of drug-likeness (QED) is 0.160. The summed E-state index contributed by atoms with van der Waals surface area (Å²) >= 11 is 0. The summed E-state index contributed by atoms with van der Waals surface area (Å²) < 4.78 is 4.87. The third-order valence-electron chi connectivity index (χ3n) is 12.3. The molecular formula is C58H38N2. The number of aromatic nitrogens is 2. The van der Waals surface area contributed by atoms with Crippen LogP contribution in [0, 0.1) is 0 Å². The largest absolute Gasteiger partial charge is 0.309 e. The minimum atomic E-state index is 1.14. The van der Waals surface area contributed by atoms with Crippen LogP contribution in [0.15, 0.2) is 231 Å². The summed E-state index contributed by atoms with van der Waals surface area (Å²) in [5.74, 6) is 0. The van der Waals surface area contributed by atoms with Gasteiger partial charge in [0.1, 0.15) is 0 Å². The standard InChI is InChI=1S/C58H38N2/c1-3-13-39(14-4-1)44-19-11-20-49(36-44)59-55-24-10-9-21-51(55)53-37-46(29-33-56(53)59)47-30-34-57-54(38-47)52-23-12-22-50(42-16-5-2-6-17-42)58(52)60(57)48-31-27-41(28-32-48)45-26-25-40-15-7-8-18-43(40)35-45/h1-38H. The molecule has 0 saturated heterocycles. The third-order valence-corrected chi connectivity index (χ3v) is 12.3. The SMILES string of the molecule is c1ccc(-c2cccc(-n3c4ccccc4c4cc(-c5ccc6c(c5)c5cccc(-c7ccccc7)c5n6-c5ccc(-c6ccc7ccccc7c6)cc5)ccc43)c2)cc1. The van der Waals surface area contributed by atoms with E-state index in [9.17, 15) is 0 Å². The van der Waals surface area contributed by atoms with Crippen molar-refractivity contribution in [3.05, 3.63) is 231 Å². The first-order valence-corrected chi connectivity index (χ1v) is 20.7. The summed E-state index contributed by atoms with van der Waals surface area (Å²) in [7, 11) is 0. The molecule has 0 amide bonds. The highest BCUT2D eigenvalue weighted by Gasteiger charge is 2.19. The van der Waals surface area contributed by atoms with Gasteiger partial charge in [0.15, 0.2) is 0 Å². The molecule has 2 nitrogen and oxygen atoms in total. The Morgan fingerprint density at radius 2 is 0.750 bits per heavy atom. The van der Waals surface area contributed by atoms with E-state index in [-0.39, 0.29) is 0 Å². The zero-order chi connectivity index (χ0) is 39.6. The van der Waals surface area contributed by atoms with Gasteiger partial charge in [0.25, 0.3) is 0 Å². The molecule has 12 aromatic rings. The molecule has 0 fully saturated rings. The molecule has 60 heavy (non-hydrogen) atoms. The number of hydrogen-bond acceptors (Lipinski definition) is 0. The number of para-hydroxylation sites is 2. The zero-order valence-corrected chi connectivity index (χ0v) is 32.8. The maximum Gasteiger partial charge on any atom is 0.0619 e. The molecule has 0 aliphatic heterocycles. The summed E-state index contributed by atoms with van der Waals surface area (Å²) in [6, 6.07) is 84.2. The average molecular weight is 763 g/mol. The molecule has 0 aliphatic rings. The number of rotatable bonds is 6. The van der Waals surface area contributed by atoms with Gasteiger partial charge in [-0.1, -0.05) is 170 Å². The Labute approximate surface area is 348 Å². The fourth-order valence-electron chi connectivity index (χ4n) is 9.43. The van der Waals surface area contributed by atoms with E-state index in [0.717, 1.165) is 11.4 Å². The van der Waals surface area contributed by atoms with Gasteiger partial charge in [0, 0.05) is 38.5 Å². The molecular weight excluding hydrogens is 725 g/mol. The van der Waals surface area contributed by atoms with Crippen LogP contribution in [0.25, 0.3) is 110 Å². The molecule has 280 valence electrons. The van der Waals surface area contributed by atoms with E-state index in [1.54, 1.807) is 0 Å². The number of nitrogens with zero attached hydrogens (tertiary/aromatic N) is 2. The van der Waals surface area contributed by atoms with E-state index in [4.69, 9.17) is 0 Å². The molecule has 0 aliphatic carbocycles. The normalized spacial score (nSPS) is 11.7. The van der Waals surface area contributed by atoms with Crippen LogP contribution in [-0.4, -0.2) is 9.13 Å². The van der Waals surface area contributed by atoms with Crippen molar-refractivity contribution in [3.63, 3.8) is 0 Å². The van der Waals surface area contributed by atoms with Crippen LogP contribution in [0.2, 0.25) is 0 Å². The van der Waals surface area contributed by atoms with Crippen LogP contribution in [0.3, 0.4) is 0 Å². The van der Waals surface area contributed by atoms with Crippen molar-refractivity contribution in [1.82, 2.24) is 9.13 Å². The molecule has 12 rings (SSSR count). The predicted octanol–water partition coefficient (Wildman–Crippen LogP) is 15.7. The highest BCUT2D eigenvalue weighted by Crippen LogP contribution is 2.41. The lowest BCUT2D eigenvalue weighted by molar-refractivity contribution is 1.18. The summed E-state index contributed by atoms with van der Waals surface area (Å²) in [4.78, 5) is 0. The molecule has 0 atom stereocenters. The molecule has 0 unspecified atom stereocenters. The molecule has 0 radical (unpaired) electrons. The molecule has 2 heteroatoms. The van der Waals surface area contributed by atoms with Crippen LogP contribution < -0.4 is 0 Å². The minimum absolute atomic E-state index is 1.14. The van der Waals surface area contributed by atoms with Crippen molar-refractivity contribution in [1.29, 1.82) is 0 Å². The Morgan fingerprint density at radius 3 is 1.53 bits per heavy atom. The van der Waals surface area contributed by atoms with Gasteiger partial charge in [-0.05, 0) is 110 Å².